The summed E-state index contributed by atoms with van der Waals surface area (Å²) in [5.41, 5.74) is 0.911. The predicted octanol–water partition coefficient (Wildman–Crippen LogP) is 3.23. The largest absolute Gasteiger partial charge is 0.458 e. The molecule has 168 valence electrons. The Hall–Kier alpha value is -2.70. The molecular weight excluding hydrogens is 400 g/mol. The average Bonchev–Trinajstić information content (AvgIpc) is 3.07. The second-order valence-electron chi connectivity index (χ2n) is 9.12. The molecule has 0 bridgehead atoms. The van der Waals surface area contributed by atoms with Gasteiger partial charge in [-0.25, -0.2) is 9.59 Å². The molecule has 7 heteroatoms. The lowest BCUT2D eigenvalue weighted by Crippen LogP contribution is -2.51. The van der Waals surface area contributed by atoms with Crippen LogP contribution in [0.2, 0.25) is 0 Å². The Morgan fingerprint density at radius 3 is 2.48 bits per heavy atom. The zero-order valence-electron chi connectivity index (χ0n) is 19.1. The molecule has 0 radical (unpaired) electrons. The van der Waals surface area contributed by atoms with Gasteiger partial charge in [-0.1, -0.05) is 31.1 Å². The normalized spacial score (nSPS) is 32.9. The molecule has 31 heavy (non-hydrogen) atoms. The first-order valence-corrected chi connectivity index (χ1v) is 10.6. The van der Waals surface area contributed by atoms with Gasteiger partial charge >= 0.3 is 17.9 Å². The molecule has 0 amide bonds. The summed E-state index contributed by atoms with van der Waals surface area (Å²) in [4.78, 5) is 50.8. The number of esters is 3. The van der Waals surface area contributed by atoms with Crippen molar-refractivity contribution in [1.29, 1.82) is 0 Å². The van der Waals surface area contributed by atoms with Gasteiger partial charge in [-0.15, -0.1) is 0 Å². The minimum atomic E-state index is -1.64. The van der Waals surface area contributed by atoms with Gasteiger partial charge in [-0.05, 0) is 40.7 Å². The number of rotatable bonds is 4. The van der Waals surface area contributed by atoms with E-state index in [0.29, 0.717) is 11.1 Å². The summed E-state index contributed by atoms with van der Waals surface area (Å²) in [6, 6.07) is 0. The third-order valence-electron chi connectivity index (χ3n) is 6.56. The van der Waals surface area contributed by atoms with Crippen molar-refractivity contribution in [3.63, 3.8) is 0 Å². The van der Waals surface area contributed by atoms with Gasteiger partial charge in [0.25, 0.3) is 0 Å². The van der Waals surface area contributed by atoms with Crippen LogP contribution in [0, 0.1) is 17.8 Å². The highest BCUT2D eigenvalue weighted by molar-refractivity contribution is 6.09. The molecule has 0 aromatic rings. The highest BCUT2D eigenvalue weighted by atomic mass is 16.6. The lowest BCUT2D eigenvalue weighted by Gasteiger charge is -2.35. The number of hydrogen-bond acceptors (Lipinski definition) is 7. The van der Waals surface area contributed by atoms with Crippen LogP contribution in [0.1, 0.15) is 54.9 Å². The smallest absolute Gasteiger partial charge is 0.351 e. The lowest BCUT2D eigenvalue weighted by atomic mass is 9.77. The summed E-state index contributed by atoms with van der Waals surface area (Å²) < 4.78 is 17.3. The van der Waals surface area contributed by atoms with E-state index in [-0.39, 0.29) is 12.2 Å². The van der Waals surface area contributed by atoms with E-state index in [0.717, 1.165) is 11.1 Å². The van der Waals surface area contributed by atoms with Crippen LogP contribution in [-0.2, 0) is 33.4 Å². The third-order valence-corrected chi connectivity index (χ3v) is 6.56. The molecule has 1 fully saturated rings. The van der Waals surface area contributed by atoms with E-state index in [2.05, 4.69) is 0 Å². The summed E-state index contributed by atoms with van der Waals surface area (Å²) in [5, 5.41) is 0. The number of ether oxygens (including phenoxy) is 3. The molecule has 7 nitrogen and oxygen atoms in total. The van der Waals surface area contributed by atoms with E-state index in [4.69, 9.17) is 14.2 Å². The summed E-state index contributed by atoms with van der Waals surface area (Å²) >= 11 is 0. The molecule has 2 aliphatic carbocycles. The number of allylic oxidation sites excluding steroid dienone is 2. The maximum absolute atomic E-state index is 13.0. The predicted molar refractivity (Wildman–Crippen MR) is 112 cm³/mol. The van der Waals surface area contributed by atoms with Gasteiger partial charge in [-0.2, -0.15) is 0 Å². The molecule has 1 aliphatic heterocycles. The Morgan fingerprint density at radius 2 is 1.90 bits per heavy atom. The van der Waals surface area contributed by atoms with Crippen molar-refractivity contribution in [2.75, 3.05) is 0 Å². The van der Waals surface area contributed by atoms with Crippen LogP contribution in [0.25, 0.3) is 0 Å². The van der Waals surface area contributed by atoms with Crippen LogP contribution < -0.4 is 0 Å². The molecule has 1 heterocycles. The topological polar surface area (TPSA) is 96.0 Å². The molecule has 3 aliphatic rings. The first kappa shape index (κ1) is 23.0. The maximum atomic E-state index is 13.0. The summed E-state index contributed by atoms with van der Waals surface area (Å²) in [7, 11) is 0. The van der Waals surface area contributed by atoms with Crippen molar-refractivity contribution in [1.82, 2.24) is 0 Å². The van der Waals surface area contributed by atoms with Crippen molar-refractivity contribution in [3.05, 3.63) is 34.4 Å². The lowest BCUT2D eigenvalue weighted by molar-refractivity contribution is -0.180. The summed E-state index contributed by atoms with van der Waals surface area (Å²) in [6.07, 6.45) is 1.86. The SMILES string of the molecule is CC=C(C)C(=O)OC1CC(C)=C2C(=O)C=C(C)C2C2OC(=O)C(C)(OC(=O)C(C)C)C12. The van der Waals surface area contributed by atoms with Gasteiger partial charge in [0.15, 0.2) is 5.78 Å². The number of ketones is 1. The molecule has 0 aromatic heterocycles. The molecule has 1 saturated heterocycles. The molecule has 0 N–H and O–H groups in total. The number of carbonyl (C=O) groups excluding carboxylic acids is 4. The van der Waals surface area contributed by atoms with Gasteiger partial charge in [0.05, 0.1) is 11.8 Å². The molecule has 0 spiro atoms. The van der Waals surface area contributed by atoms with Gasteiger partial charge < -0.3 is 14.2 Å². The highest BCUT2D eigenvalue weighted by Crippen LogP contribution is 2.51. The summed E-state index contributed by atoms with van der Waals surface area (Å²) in [6.45, 7) is 11.9. The van der Waals surface area contributed by atoms with Crippen LogP contribution in [0.5, 0.6) is 0 Å². The van der Waals surface area contributed by atoms with E-state index in [9.17, 15) is 19.2 Å². The Labute approximate surface area is 182 Å². The minimum Gasteiger partial charge on any atom is -0.458 e. The quantitative estimate of drug-likeness (QED) is 0.384. The number of fused-ring (bicyclic) bond motifs is 3. The Balaban J connectivity index is 2.12. The zero-order chi connectivity index (χ0) is 23.2. The van der Waals surface area contributed by atoms with E-state index in [1.54, 1.807) is 39.8 Å². The molecule has 0 aromatic carbocycles. The van der Waals surface area contributed by atoms with E-state index < -0.39 is 53.5 Å². The Morgan fingerprint density at radius 1 is 1.26 bits per heavy atom. The average molecular weight is 430 g/mol. The van der Waals surface area contributed by atoms with E-state index in [1.807, 2.05) is 13.8 Å². The van der Waals surface area contributed by atoms with Crippen LogP contribution in [0.15, 0.2) is 34.4 Å². The maximum Gasteiger partial charge on any atom is 0.351 e. The zero-order valence-corrected chi connectivity index (χ0v) is 19.1. The van der Waals surface area contributed by atoms with E-state index >= 15 is 0 Å². The molecule has 5 atom stereocenters. The highest BCUT2D eigenvalue weighted by Gasteiger charge is 2.65. The van der Waals surface area contributed by atoms with Gasteiger partial charge in [-0.3, -0.25) is 9.59 Å². The minimum absolute atomic E-state index is 0.126. The fourth-order valence-electron chi connectivity index (χ4n) is 4.70. The molecule has 0 saturated carbocycles. The standard InChI is InChI=1S/C24H30O7/c1-8-12(4)22(27)29-16-10-14(6)17-15(25)9-13(5)18(17)20-19(16)24(7,23(28)30-20)31-21(26)11(2)3/h8-9,11,16,18-20H,10H2,1-7H3. The molecular formula is C24H30O7. The van der Waals surface area contributed by atoms with Crippen LogP contribution in [0.4, 0.5) is 0 Å². The molecule has 3 rings (SSSR count). The van der Waals surface area contributed by atoms with E-state index in [1.165, 1.54) is 6.92 Å². The summed E-state index contributed by atoms with van der Waals surface area (Å²) in [5.74, 6) is -3.54. The third kappa shape index (κ3) is 3.75. The van der Waals surface area contributed by atoms with Crippen LogP contribution >= 0.6 is 0 Å². The van der Waals surface area contributed by atoms with Crippen LogP contribution in [0.3, 0.4) is 0 Å². The van der Waals surface area contributed by atoms with Crippen molar-refractivity contribution >= 4 is 23.7 Å². The second kappa shape index (κ2) is 8.09. The fourth-order valence-corrected chi connectivity index (χ4v) is 4.70. The fraction of sp³-hybridized carbons (Fsp3) is 0.583. The van der Waals surface area contributed by atoms with Crippen molar-refractivity contribution in [2.45, 2.75) is 72.7 Å². The Bertz CT molecular complexity index is 936. The van der Waals surface area contributed by atoms with Gasteiger partial charge in [0.1, 0.15) is 12.2 Å². The number of hydrogen-bond donors (Lipinski definition) is 0. The number of carbonyl (C=O) groups is 4. The monoisotopic (exact) mass is 430 g/mol. The Kier molecular flexibility index (Phi) is 6.00. The first-order chi connectivity index (χ1) is 14.4. The van der Waals surface area contributed by atoms with Gasteiger partial charge in [0, 0.05) is 23.5 Å². The molecule has 5 unspecified atom stereocenters. The van der Waals surface area contributed by atoms with Crippen LogP contribution in [-0.4, -0.2) is 41.5 Å². The first-order valence-electron chi connectivity index (χ1n) is 10.6. The van der Waals surface area contributed by atoms with Crippen molar-refractivity contribution in [3.8, 4) is 0 Å². The van der Waals surface area contributed by atoms with Gasteiger partial charge in [0.2, 0.25) is 5.60 Å². The van der Waals surface area contributed by atoms with Crippen molar-refractivity contribution in [2.24, 2.45) is 17.8 Å². The van der Waals surface area contributed by atoms with Crippen molar-refractivity contribution < 1.29 is 33.4 Å². The second-order valence-corrected chi connectivity index (χ2v) is 9.12.